The molecule has 1 aromatic heterocycles. The van der Waals surface area contributed by atoms with E-state index in [0.717, 1.165) is 18.9 Å². The summed E-state index contributed by atoms with van der Waals surface area (Å²) in [7, 11) is 0. The smallest absolute Gasteiger partial charge is 0.223 e. The highest BCUT2D eigenvalue weighted by Gasteiger charge is 2.27. The summed E-state index contributed by atoms with van der Waals surface area (Å²) >= 11 is 0. The van der Waals surface area contributed by atoms with Crippen molar-refractivity contribution in [1.82, 2.24) is 15.0 Å². The molecule has 1 fully saturated rings. The molecule has 3 rings (SSSR count). The van der Waals surface area contributed by atoms with E-state index in [0.29, 0.717) is 23.1 Å². The summed E-state index contributed by atoms with van der Waals surface area (Å²) in [6.45, 7) is 0. The summed E-state index contributed by atoms with van der Waals surface area (Å²) in [4.78, 5) is 12.4. The molecular weight excluding hydrogens is 250 g/mol. The third-order valence-electron chi connectivity index (χ3n) is 3.02. The van der Waals surface area contributed by atoms with Gasteiger partial charge >= 0.3 is 0 Å². The maximum atomic E-state index is 13.6. The number of rotatable bonds is 3. The molecule has 1 aliphatic rings. The van der Waals surface area contributed by atoms with Gasteiger partial charge in [0, 0.05) is 18.4 Å². The van der Waals surface area contributed by atoms with E-state index in [2.05, 4.69) is 15.0 Å². The number of aromatic nitrogens is 3. The Balaban J connectivity index is 1.89. The van der Waals surface area contributed by atoms with Crippen LogP contribution in [-0.2, 0) is 6.42 Å². The van der Waals surface area contributed by atoms with Gasteiger partial charge in [0.15, 0.2) is 0 Å². The molecule has 0 radical (unpaired) electrons. The van der Waals surface area contributed by atoms with Gasteiger partial charge in [-0.1, -0.05) is 6.07 Å². The summed E-state index contributed by atoms with van der Waals surface area (Å²) < 4.78 is 26.4. The molecule has 0 spiro atoms. The van der Waals surface area contributed by atoms with Crippen molar-refractivity contribution in [2.75, 3.05) is 5.73 Å². The summed E-state index contributed by atoms with van der Waals surface area (Å²) in [6, 6.07) is 3.45. The van der Waals surface area contributed by atoms with Crippen LogP contribution in [0.5, 0.6) is 0 Å². The largest absolute Gasteiger partial charge is 0.368 e. The Labute approximate surface area is 108 Å². The van der Waals surface area contributed by atoms with E-state index in [-0.39, 0.29) is 12.4 Å². The quantitative estimate of drug-likeness (QED) is 0.921. The van der Waals surface area contributed by atoms with E-state index in [1.165, 1.54) is 12.1 Å². The van der Waals surface area contributed by atoms with Gasteiger partial charge in [0.25, 0.3) is 0 Å². The van der Waals surface area contributed by atoms with Crippen molar-refractivity contribution >= 4 is 5.95 Å². The summed E-state index contributed by atoms with van der Waals surface area (Å²) in [5.41, 5.74) is 5.97. The maximum absolute atomic E-state index is 13.6. The normalized spacial score (nSPS) is 14.6. The molecule has 19 heavy (non-hydrogen) atoms. The maximum Gasteiger partial charge on any atom is 0.223 e. The van der Waals surface area contributed by atoms with Crippen LogP contribution in [0, 0.1) is 11.6 Å². The topological polar surface area (TPSA) is 64.7 Å². The van der Waals surface area contributed by atoms with Crippen LogP contribution in [0.25, 0.3) is 0 Å². The molecule has 0 atom stereocenters. The number of nitrogens with two attached hydrogens (primary N) is 1. The average Bonchev–Trinajstić information content (AvgIpc) is 3.16. The number of nitrogen functional groups attached to an aromatic ring is 1. The van der Waals surface area contributed by atoms with E-state index in [9.17, 15) is 8.78 Å². The molecular formula is C13H12F2N4. The Bertz CT molecular complexity index is 626. The molecule has 1 aliphatic carbocycles. The second-order valence-corrected chi connectivity index (χ2v) is 4.65. The van der Waals surface area contributed by atoms with Crippen LogP contribution in [0.15, 0.2) is 18.2 Å². The highest BCUT2D eigenvalue weighted by atomic mass is 19.1. The van der Waals surface area contributed by atoms with Crippen molar-refractivity contribution < 1.29 is 8.78 Å². The number of benzene rings is 1. The van der Waals surface area contributed by atoms with Crippen molar-refractivity contribution in [3.8, 4) is 0 Å². The lowest BCUT2D eigenvalue weighted by molar-refractivity contribution is 0.573. The number of nitrogens with zero attached hydrogens (tertiary/aromatic N) is 3. The number of halogens is 2. The fourth-order valence-electron chi connectivity index (χ4n) is 1.90. The standard InChI is InChI=1S/C13H12F2N4/c14-9-4-3-8(10(15)6-9)5-11-17-12(7-1-2-7)19-13(16)18-11/h3-4,6-7H,1-2,5H2,(H2,16,17,18,19). The SMILES string of the molecule is Nc1nc(Cc2ccc(F)cc2F)nc(C2CC2)n1. The van der Waals surface area contributed by atoms with Crippen LogP contribution < -0.4 is 5.73 Å². The minimum Gasteiger partial charge on any atom is -0.368 e. The van der Waals surface area contributed by atoms with Crippen molar-refractivity contribution in [3.63, 3.8) is 0 Å². The van der Waals surface area contributed by atoms with Crippen molar-refractivity contribution in [2.24, 2.45) is 0 Å². The molecule has 98 valence electrons. The van der Waals surface area contributed by atoms with Gasteiger partial charge in [0.1, 0.15) is 23.3 Å². The molecule has 1 aromatic carbocycles. The second kappa shape index (κ2) is 4.53. The highest BCUT2D eigenvalue weighted by molar-refractivity contribution is 5.25. The Hall–Kier alpha value is -2.11. The predicted octanol–water partition coefficient (Wildman–Crippen LogP) is 2.20. The minimum atomic E-state index is -0.605. The van der Waals surface area contributed by atoms with Crippen LogP contribution in [0.3, 0.4) is 0 Å². The molecule has 1 heterocycles. The van der Waals surface area contributed by atoms with E-state index in [1.807, 2.05) is 0 Å². The minimum absolute atomic E-state index is 0.148. The Morgan fingerprint density at radius 1 is 1.16 bits per heavy atom. The highest BCUT2D eigenvalue weighted by Crippen LogP contribution is 2.38. The first-order valence-electron chi connectivity index (χ1n) is 6.06. The summed E-state index contributed by atoms with van der Waals surface area (Å²) in [5.74, 6) is 0.378. The number of hydrogen-bond acceptors (Lipinski definition) is 4. The molecule has 0 saturated heterocycles. The van der Waals surface area contributed by atoms with Gasteiger partial charge in [0.2, 0.25) is 5.95 Å². The molecule has 0 amide bonds. The Morgan fingerprint density at radius 3 is 2.63 bits per heavy atom. The van der Waals surface area contributed by atoms with Gasteiger partial charge < -0.3 is 5.73 Å². The zero-order valence-corrected chi connectivity index (χ0v) is 10.1. The first kappa shape index (κ1) is 12.0. The number of hydrogen-bond donors (Lipinski definition) is 1. The summed E-state index contributed by atoms with van der Waals surface area (Å²) in [6.07, 6.45) is 2.28. The van der Waals surface area contributed by atoms with Crippen LogP contribution in [0.2, 0.25) is 0 Å². The third-order valence-corrected chi connectivity index (χ3v) is 3.02. The van der Waals surface area contributed by atoms with E-state index in [1.54, 1.807) is 0 Å². The first-order valence-corrected chi connectivity index (χ1v) is 6.06. The Kier molecular flexibility index (Phi) is 2.85. The van der Waals surface area contributed by atoms with Gasteiger partial charge in [0.05, 0.1) is 0 Å². The molecule has 4 nitrogen and oxygen atoms in total. The zero-order valence-electron chi connectivity index (χ0n) is 10.1. The third kappa shape index (κ3) is 2.67. The van der Waals surface area contributed by atoms with Crippen molar-refractivity contribution in [2.45, 2.75) is 25.2 Å². The van der Waals surface area contributed by atoms with Crippen molar-refractivity contribution in [1.29, 1.82) is 0 Å². The lowest BCUT2D eigenvalue weighted by Crippen LogP contribution is -2.08. The predicted molar refractivity (Wildman–Crippen MR) is 65.4 cm³/mol. The summed E-state index contributed by atoms with van der Waals surface area (Å²) in [5, 5.41) is 0. The van der Waals surface area contributed by atoms with Crippen LogP contribution in [0.1, 0.15) is 36.0 Å². The Morgan fingerprint density at radius 2 is 1.95 bits per heavy atom. The molecule has 1 saturated carbocycles. The van der Waals surface area contributed by atoms with E-state index in [4.69, 9.17) is 5.73 Å². The number of anilines is 1. The van der Waals surface area contributed by atoms with Crippen LogP contribution in [0.4, 0.5) is 14.7 Å². The van der Waals surface area contributed by atoms with E-state index < -0.39 is 11.6 Å². The molecule has 0 aliphatic heterocycles. The molecule has 0 bridgehead atoms. The average molecular weight is 262 g/mol. The van der Waals surface area contributed by atoms with Gasteiger partial charge in [-0.2, -0.15) is 9.97 Å². The second-order valence-electron chi connectivity index (χ2n) is 4.65. The zero-order chi connectivity index (χ0) is 13.4. The van der Waals surface area contributed by atoms with Crippen LogP contribution in [-0.4, -0.2) is 15.0 Å². The molecule has 2 aromatic rings. The van der Waals surface area contributed by atoms with Crippen LogP contribution >= 0.6 is 0 Å². The van der Waals surface area contributed by atoms with Gasteiger partial charge in [-0.25, -0.2) is 13.8 Å². The molecule has 0 unspecified atom stereocenters. The fraction of sp³-hybridized carbons (Fsp3) is 0.308. The molecule has 2 N–H and O–H groups in total. The lowest BCUT2D eigenvalue weighted by atomic mass is 10.1. The van der Waals surface area contributed by atoms with Gasteiger partial charge in [-0.15, -0.1) is 0 Å². The molecule has 6 heteroatoms. The van der Waals surface area contributed by atoms with Gasteiger partial charge in [-0.3, -0.25) is 0 Å². The monoisotopic (exact) mass is 262 g/mol. The first-order chi connectivity index (χ1) is 9.11. The fourth-order valence-corrected chi connectivity index (χ4v) is 1.90. The van der Waals surface area contributed by atoms with E-state index >= 15 is 0 Å². The van der Waals surface area contributed by atoms with Gasteiger partial charge in [-0.05, 0) is 24.5 Å². The van der Waals surface area contributed by atoms with Crippen molar-refractivity contribution in [3.05, 3.63) is 47.0 Å². The lowest BCUT2D eigenvalue weighted by Gasteiger charge is -2.05.